The van der Waals surface area contributed by atoms with E-state index in [4.69, 9.17) is 0 Å². The van der Waals surface area contributed by atoms with Crippen LogP contribution in [0.5, 0.6) is 0 Å². The normalized spacial score (nSPS) is 22.3. The summed E-state index contributed by atoms with van der Waals surface area (Å²) < 4.78 is 0. The lowest BCUT2D eigenvalue weighted by Crippen LogP contribution is -2.13. The van der Waals surface area contributed by atoms with Crippen molar-refractivity contribution in [3.8, 4) is 0 Å². The molecule has 2 rings (SSSR count). The summed E-state index contributed by atoms with van der Waals surface area (Å²) in [5.74, 6) is 0.407. The van der Waals surface area contributed by atoms with Gasteiger partial charge in [-0.1, -0.05) is 6.07 Å². The highest BCUT2D eigenvalue weighted by Crippen LogP contribution is 2.19. The van der Waals surface area contributed by atoms with E-state index in [1.165, 1.54) is 0 Å². The summed E-state index contributed by atoms with van der Waals surface area (Å²) in [4.78, 5) is 15.1. The lowest BCUT2D eigenvalue weighted by atomic mass is 10.0. The van der Waals surface area contributed by atoms with Crippen LogP contribution in [0.4, 0.5) is 0 Å². The molecule has 2 heterocycles. The van der Waals surface area contributed by atoms with Gasteiger partial charge in [-0.2, -0.15) is 0 Å². The van der Waals surface area contributed by atoms with Crippen molar-refractivity contribution in [1.29, 1.82) is 0 Å². The Morgan fingerprint density at radius 2 is 2.42 bits per heavy atom. The van der Waals surface area contributed by atoms with Crippen LogP contribution in [0.1, 0.15) is 18.0 Å². The average molecular weight is 162 g/mol. The number of hydrogen-bond donors (Lipinski definition) is 1. The molecule has 12 heavy (non-hydrogen) atoms. The zero-order chi connectivity index (χ0) is 8.39. The molecule has 1 atom stereocenters. The van der Waals surface area contributed by atoms with Crippen molar-refractivity contribution >= 4 is 5.91 Å². The first-order valence-electron chi connectivity index (χ1n) is 4.04. The lowest BCUT2D eigenvalue weighted by Gasteiger charge is -2.04. The van der Waals surface area contributed by atoms with Crippen molar-refractivity contribution in [2.24, 2.45) is 0 Å². The zero-order valence-corrected chi connectivity index (χ0v) is 6.66. The van der Waals surface area contributed by atoms with Gasteiger partial charge in [-0.15, -0.1) is 0 Å². The molecule has 1 fully saturated rings. The van der Waals surface area contributed by atoms with Crippen molar-refractivity contribution in [1.82, 2.24) is 10.3 Å². The fourth-order valence-corrected chi connectivity index (χ4v) is 1.43. The molecule has 1 amide bonds. The van der Waals surface area contributed by atoms with Gasteiger partial charge in [0.1, 0.15) is 0 Å². The number of carbonyl (C=O) groups is 1. The van der Waals surface area contributed by atoms with E-state index in [0.29, 0.717) is 6.42 Å². The van der Waals surface area contributed by atoms with E-state index < -0.39 is 0 Å². The Balaban J connectivity index is 2.16. The summed E-state index contributed by atoms with van der Waals surface area (Å²) in [6.45, 7) is 0.732. The minimum Gasteiger partial charge on any atom is -0.355 e. The van der Waals surface area contributed by atoms with Gasteiger partial charge in [0.2, 0.25) is 5.91 Å². The fraction of sp³-hybridized carbons (Fsp3) is 0.333. The van der Waals surface area contributed by atoms with Crippen LogP contribution in [-0.4, -0.2) is 17.4 Å². The van der Waals surface area contributed by atoms with Crippen LogP contribution < -0.4 is 5.32 Å². The van der Waals surface area contributed by atoms with Gasteiger partial charge in [-0.3, -0.25) is 9.78 Å². The number of aromatic nitrogens is 1. The van der Waals surface area contributed by atoms with Crippen molar-refractivity contribution in [3.05, 3.63) is 30.1 Å². The van der Waals surface area contributed by atoms with E-state index in [-0.39, 0.29) is 11.8 Å². The van der Waals surface area contributed by atoms with Gasteiger partial charge >= 0.3 is 0 Å². The third-order valence-corrected chi connectivity index (χ3v) is 2.08. The first-order valence-corrected chi connectivity index (χ1v) is 4.04. The minimum atomic E-state index is 0.130. The number of pyridine rings is 1. The lowest BCUT2D eigenvalue weighted by molar-refractivity contribution is -0.119. The SMILES string of the molecule is O=C1C[C@H](c2ccccn2)CN1. The topological polar surface area (TPSA) is 42.0 Å². The first-order chi connectivity index (χ1) is 5.86. The van der Waals surface area contributed by atoms with Crippen LogP contribution in [0, 0.1) is 0 Å². The predicted octanol–water partition coefficient (Wildman–Crippen LogP) is 0.685. The standard InChI is InChI=1S/C9H10N2O/c12-9-5-7(6-11-9)8-3-1-2-4-10-8/h1-4,7H,5-6H2,(H,11,12)/t7-/m0/s1. The van der Waals surface area contributed by atoms with Crippen LogP contribution in [0.15, 0.2) is 24.4 Å². The number of nitrogens with zero attached hydrogens (tertiary/aromatic N) is 1. The Bertz CT molecular complexity index is 284. The molecular weight excluding hydrogens is 152 g/mol. The molecule has 1 saturated heterocycles. The highest BCUT2D eigenvalue weighted by Gasteiger charge is 2.23. The van der Waals surface area contributed by atoms with Gasteiger partial charge in [-0.05, 0) is 12.1 Å². The molecule has 0 bridgehead atoms. The number of nitrogens with one attached hydrogen (secondary N) is 1. The smallest absolute Gasteiger partial charge is 0.220 e. The molecule has 0 spiro atoms. The summed E-state index contributed by atoms with van der Waals surface area (Å²) in [5, 5.41) is 2.79. The van der Waals surface area contributed by atoms with Crippen molar-refractivity contribution in [3.63, 3.8) is 0 Å². The van der Waals surface area contributed by atoms with Crippen LogP contribution >= 0.6 is 0 Å². The van der Waals surface area contributed by atoms with Crippen LogP contribution in [0.25, 0.3) is 0 Å². The Morgan fingerprint density at radius 1 is 1.50 bits per heavy atom. The van der Waals surface area contributed by atoms with Gasteiger partial charge in [0.15, 0.2) is 0 Å². The van der Waals surface area contributed by atoms with Gasteiger partial charge in [0.25, 0.3) is 0 Å². The maximum absolute atomic E-state index is 10.9. The third-order valence-electron chi connectivity index (χ3n) is 2.08. The zero-order valence-electron chi connectivity index (χ0n) is 6.66. The molecular formula is C9H10N2O. The van der Waals surface area contributed by atoms with Gasteiger partial charge < -0.3 is 5.32 Å². The van der Waals surface area contributed by atoms with Crippen molar-refractivity contribution < 1.29 is 4.79 Å². The molecule has 62 valence electrons. The van der Waals surface area contributed by atoms with E-state index in [1.807, 2.05) is 18.2 Å². The molecule has 3 heteroatoms. The van der Waals surface area contributed by atoms with Gasteiger partial charge in [0, 0.05) is 30.8 Å². The number of rotatable bonds is 1. The Labute approximate surface area is 70.8 Å². The molecule has 1 aromatic heterocycles. The van der Waals surface area contributed by atoms with E-state index in [9.17, 15) is 4.79 Å². The van der Waals surface area contributed by atoms with E-state index in [1.54, 1.807) is 6.20 Å². The summed E-state index contributed by atoms with van der Waals surface area (Å²) in [6, 6.07) is 5.80. The number of carbonyl (C=O) groups excluding carboxylic acids is 1. The van der Waals surface area contributed by atoms with E-state index in [2.05, 4.69) is 10.3 Å². The summed E-state index contributed by atoms with van der Waals surface area (Å²) in [7, 11) is 0. The second-order valence-electron chi connectivity index (χ2n) is 2.96. The van der Waals surface area contributed by atoms with E-state index in [0.717, 1.165) is 12.2 Å². The maximum atomic E-state index is 10.9. The molecule has 0 aromatic carbocycles. The summed E-state index contributed by atoms with van der Waals surface area (Å²) >= 11 is 0. The molecule has 1 aliphatic heterocycles. The second kappa shape index (κ2) is 2.93. The van der Waals surface area contributed by atoms with Crippen LogP contribution in [0.2, 0.25) is 0 Å². The predicted molar refractivity (Wildman–Crippen MR) is 44.6 cm³/mol. The first kappa shape index (κ1) is 7.28. The van der Waals surface area contributed by atoms with E-state index >= 15 is 0 Å². The molecule has 0 unspecified atom stereocenters. The van der Waals surface area contributed by atoms with Crippen molar-refractivity contribution in [2.75, 3.05) is 6.54 Å². The van der Waals surface area contributed by atoms with Crippen LogP contribution in [0.3, 0.4) is 0 Å². The molecule has 0 aliphatic carbocycles. The number of amides is 1. The molecule has 1 N–H and O–H groups in total. The fourth-order valence-electron chi connectivity index (χ4n) is 1.43. The highest BCUT2D eigenvalue weighted by atomic mass is 16.1. The quantitative estimate of drug-likeness (QED) is 0.660. The number of hydrogen-bond acceptors (Lipinski definition) is 2. The van der Waals surface area contributed by atoms with Crippen LogP contribution in [-0.2, 0) is 4.79 Å². The molecule has 3 nitrogen and oxygen atoms in total. The Hall–Kier alpha value is -1.38. The monoisotopic (exact) mass is 162 g/mol. The molecule has 1 aromatic rings. The highest BCUT2D eigenvalue weighted by molar-refractivity contribution is 5.79. The Kier molecular flexibility index (Phi) is 1.78. The minimum absolute atomic E-state index is 0.130. The van der Waals surface area contributed by atoms with Gasteiger partial charge in [0.05, 0.1) is 0 Å². The Morgan fingerprint density at radius 3 is 3.00 bits per heavy atom. The summed E-state index contributed by atoms with van der Waals surface area (Å²) in [6.07, 6.45) is 2.34. The molecule has 0 saturated carbocycles. The maximum Gasteiger partial charge on any atom is 0.220 e. The molecule has 1 aliphatic rings. The average Bonchev–Trinajstić information content (AvgIpc) is 2.54. The summed E-state index contributed by atoms with van der Waals surface area (Å²) in [5.41, 5.74) is 1.01. The van der Waals surface area contributed by atoms with Crippen molar-refractivity contribution in [2.45, 2.75) is 12.3 Å². The van der Waals surface area contributed by atoms with Gasteiger partial charge in [-0.25, -0.2) is 0 Å². The third kappa shape index (κ3) is 1.30. The second-order valence-corrected chi connectivity index (χ2v) is 2.96. The molecule has 0 radical (unpaired) electrons. The largest absolute Gasteiger partial charge is 0.355 e.